The number of rotatable bonds is 10. The quantitative estimate of drug-likeness (QED) is 0.541. The van der Waals surface area contributed by atoms with Crippen LogP contribution in [0.4, 0.5) is 0 Å². The molecule has 1 rings (SSSR count). The smallest absolute Gasteiger partial charge is 0.325 e. The van der Waals surface area contributed by atoms with Gasteiger partial charge in [0, 0.05) is 7.11 Å². The number of hydrogen-bond acceptors (Lipinski definition) is 7. The van der Waals surface area contributed by atoms with Gasteiger partial charge in [-0.2, -0.15) is 0 Å². The van der Waals surface area contributed by atoms with Gasteiger partial charge >= 0.3 is 6.72 Å². The number of hydrogen-bond donors (Lipinski definition) is 2. The van der Waals surface area contributed by atoms with Crippen molar-refractivity contribution in [3.05, 3.63) is 0 Å². The zero-order valence-electron chi connectivity index (χ0n) is 16.1. The van der Waals surface area contributed by atoms with Crippen LogP contribution in [0.15, 0.2) is 0 Å². The third-order valence-electron chi connectivity index (χ3n) is 3.61. The first-order chi connectivity index (χ1) is 11.5. The molecule has 0 aromatic carbocycles. The minimum absolute atomic E-state index is 0.0522. The molecule has 0 radical (unpaired) electrons. The first-order valence-corrected chi connectivity index (χ1v) is 11.3. The summed E-state index contributed by atoms with van der Waals surface area (Å²) in [4.78, 5) is 10.5. The Morgan fingerprint density at radius 1 is 1.24 bits per heavy atom. The molecule has 1 aliphatic heterocycles. The molecule has 1 saturated heterocycles. The lowest BCUT2D eigenvalue weighted by molar-refractivity contribution is -0.0592. The minimum atomic E-state index is -3.46. The molecular weight excluding hydrogens is 365 g/mol. The van der Waals surface area contributed by atoms with Crippen molar-refractivity contribution in [3.8, 4) is 0 Å². The van der Waals surface area contributed by atoms with E-state index in [1.807, 2.05) is 34.6 Å². The number of methoxy groups -OCH3 is 1. The maximum absolute atomic E-state index is 10.5. The fourth-order valence-corrected chi connectivity index (χ4v) is 4.98. The first kappa shape index (κ1) is 23.4. The highest BCUT2D eigenvalue weighted by atomic mass is 32.5. The summed E-state index contributed by atoms with van der Waals surface area (Å²) in [5.74, 6) is 0. The van der Waals surface area contributed by atoms with Gasteiger partial charge in [0.25, 0.3) is 0 Å². The topological polar surface area (TPSA) is 92.4 Å². The van der Waals surface area contributed by atoms with Crippen molar-refractivity contribution in [1.29, 1.82) is 0 Å². The average molecular weight is 399 g/mol. The van der Waals surface area contributed by atoms with Gasteiger partial charge in [-0.15, -0.1) is 0 Å². The molecule has 9 heteroatoms. The van der Waals surface area contributed by atoms with E-state index in [0.717, 1.165) is 12.8 Å². The van der Waals surface area contributed by atoms with E-state index >= 15 is 0 Å². The summed E-state index contributed by atoms with van der Waals surface area (Å²) in [6.07, 6.45) is 0.0749. The lowest BCUT2D eigenvalue weighted by Crippen LogP contribution is -2.38. The Balaban J connectivity index is 2.91. The van der Waals surface area contributed by atoms with Crippen LogP contribution >= 0.6 is 6.72 Å². The van der Waals surface area contributed by atoms with E-state index < -0.39 is 24.5 Å². The highest BCUT2D eigenvalue weighted by molar-refractivity contribution is 8.07. The summed E-state index contributed by atoms with van der Waals surface area (Å²) in [5.41, 5.74) is 4.99. The SMILES string of the molecule is CO[C@H]1C(OP(O)(=S)OC(C)(C)C)[C@@H](COC(C)C)O[C@H]1CCCN. The molecular formula is C16H34NO6PS. The van der Waals surface area contributed by atoms with Gasteiger partial charge < -0.3 is 29.4 Å². The molecule has 2 unspecified atom stereocenters. The van der Waals surface area contributed by atoms with Crippen LogP contribution in [0.3, 0.4) is 0 Å². The van der Waals surface area contributed by atoms with Gasteiger partial charge in [0.2, 0.25) is 0 Å². The second-order valence-electron chi connectivity index (χ2n) is 7.47. The van der Waals surface area contributed by atoms with Gasteiger partial charge in [0.05, 0.1) is 24.4 Å². The van der Waals surface area contributed by atoms with Crippen molar-refractivity contribution in [1.82, 2.24) is 0 Å². The van der Waals surface area contributed by atoms with Crippen molar-refractivity contribution in [3.63, 3.8) is 0 Å². The fourth-order valence-electron chi connectivity index (χ4n) is 2.71. The van der Waals surface area contributed by atoms with E-state index in [1.165, 1.54) is 0 Å². The molecule has 7 nitrogen and oxygen atoms in total. The average Bonchev–Trinajstić information content (AvgIpc) is 2.76. The van der Waals surface area contributed by atoms with Crippen LogP contribution in [0.2, 0.25) is 0 Å². The van der Waals surface area contributed by atoms with Crippen LogP contribution in [0.5, 0.6) is 0 Å². The second kappa shape index (κ2) is 10.1. The molecule has 3 N–H and O–H groups in total. The Labute approximate surface area is 156 Å². The number of nitrogens with two attached hydrogens (primary N) is 1. The van der Waals surface area contributed by atoms with Crippen LogP contribution in [0.1, 0.15) is 47.5 Å². The molecule has 0 saturated carbocycles. The second-order valence-corrected chi connectivity index (χ2v) is 10.2. The van der Waals surface area contributed by atoms with E-state index in [-0.39, 0.29) is 18.3 Å². The molecule has 25 heavy (non-hydrogen) atoms. The maximum atomic E-state index is 10.5. The summed E-state index contributed by atoms with van der Waals surface area (Å²) in [6, 6.07) is 0. The molecule has 0 aliphatic carbocycles. The largest absolute Gasteiger partial charge is 0.376 e. The molecule has 5 atom stereocenters. The molecule has 1 fully saturated rings. The summed E-state index contributed by atoms with van der Waals surface area (Å²) >= 11 is 5.19. The van der Waals surface area contributed by atoms with Gasteiger partial charge in [-0.3, -0.25) is 4.52 Å². The van der Waals surface area contributed by atoms with E-state index in [2.05, 4.69) is 0 Å². The zero-order valence-corrected chi connectivity index (χ0v) is 17.8. The van der Waals surface area contributed by atoms with Crippen molar-refractivity contribution < 1.29 is 28.2 Å². The van der Waals surface area contributed by atoms with Crippen molar-refractivity contribution in [2.75, 3.05) is 20.3 Å². The third-order valence-corrected chi connectivity index (χ3v) is 5.38. The van der Waals surface area contributed by atoms with Gasteiger partial charge in [0.15, 0.2) is 0 Å². The predicted molar refractivity (Wildman–Crippen MR) is 101 cm³/mol. The lowest BCUT2D eigenvalue weighted by atomic mass is 10.0. The Bertz CT molecular complexity index is 445. The summed E-state index contributed by atoms with van der Waals surface area (Å²) in [7, 11) is 1.59. The minimum Gasteiger partial charge on any atom is -0.376 e. The van der Waals surface area contributed by atoms with Crippen LogP contribution < -0.4 is 5.73 Å². The van der Waals surface area contributed by atoms with Gasteiger partial charge in [-0.1, -0.05) is 0 Å². The molecule has 1 heterocycles. The zero-order chi connectivity index (χ0) is 19.3. The van der Waals surface area contributed by atoms with Crippen molar-refractivity contribution in [2.45, 2.75) is 83.6 Å². The fraction of sp³-hybridized carbons (Fsp3) is 1.00. The van der Waals surface area contributed by atoms with Gasteiger partial charge in [-0.05, 0) is 65.8 Å². The standard InChI is InChI=1S/C16H34NO6PS/c1-11(2)20-10-13-15(22-24(18,25)23-16(3,4)5)14(19-6)12(21-13)8-7-9-17/h11-15H,7-10,17H2,1-6H3,(H,18,25)/t12-,13+,14+,15?,24?/m0/s1. The highest BCUT2D eigenvalue weighted by Gasteiger charge is 2.48. The summed E-state index contributed by atoms with van der Waals surface area (Å²) in [6.45, 7) is 6.78. The Kier molecular flexibility index (Phi) is 9.42. The van der Waals surface area contributed by atoms with Gasteiger partial charge in [0.1, 0.15) is 18.3 Å². The first-order valence-electron chi connectivity index (χ1n) is 8.71. The van der Waals surface area contributed by atoms with E-state index in [9.17, 15) is 4.89 Å². The van der Waals surface area contributed by atoms with Crippen LogP contribution in [-0.2, 0) is 35.1 Å². The molecule has 0 bridgehead atoms. The van der Waals surface area contributed by atoms with Crippen LogP contribution in [0.25, 0.3) is 0 Å². The third kappa shape index (κ3) is 8.28. The maximum Gasteiger partial charge on any atom is 0.325 e. The van der Waals surface area contributed by atoms with Crippen LogP contribution in [0, 0.1) is 0 Å². The molecule has 0 aromatic heterocycles. The van der Waals surface area contributed by atoms with Gasteiger partial charge in [-0.25, -0.2) is 0 Å². The van der Waals surface area contributed by atoms with E-state index in [0.29, 0.717) is 13.2 Å². The molecule has 150 valence electrons. The molecule has 1 aliphatic rings. The summed E-state index contributed by atoms with van der Waals surface area (Å²) in [5, 5.41) is 0. The van der Waals surface area contributed by atoms with Crippen molar-refractivity contribution in [2.24, 2.45) is 5.73 Å². The highest BCUT2D eigenvalue weighted by Crippen LogP contribution is 2.51. The Morgan fingerprint density at radius 3 is 2.36 bits per heavy atom. The summed E-state index contributed by atoms with van der Waals surface area (Å²) < 4.78 is 28.8. The molecule has 0 spiro atoms. The molecule has 0 aromatic rings. The Hall–Kier alpha value is 0.370. The monoisotopic (exact) mass is 399 g/mol. The lowest BCUT2D eigenvalue weighted by Gasteiger charge is -2.31. The molecule has 0 amide bonds. The normalized spacial score (nSPS) is 30.0. The predicted octanol–water partition coefficient (Wildman–Crippen LogP) is 2.35. The Morgan fingerprint density at radius 2 is 1.88 bits per heavy atom. The van der Waals surface area contributed by atoms with Crippen LogP contribution in [-0.4, -0.2) is 61.3 Å². The van der Waals surface area contributed by atoms with Crippen molar-refractivity contribution >= 4 is 18.5 Å². The van der Waals surface area contributed by atoms with E-state index in [4.69, 9.17) is 40.8 Å². The number of ether oxygens (including phenoxy) is 3. The van der Waals surface area contributed by atoms with E-state index in [1.54, 1.807) is 7.11 Å².